The van der Waals surface area contributed by atoms with E-state index in [4.69, 9.17) is 4.74 Å². The van der Waals surface area contributed by atoms with Gasteiger partial charge in [-0.25, -0.2) is 0 Å². The molecule has 4 rings (SSSR count). The molecule has 0 bridgehead atoms. The molecular formula is C20H22O3. The topological polar surface area (TPSA) is 46.5 Å². The van der Waals surface area contributed by atoms with Crippen LogP contribution in [0.25, 0.3) is 10.8 Å². The average Bonchev–Trinajstić information content (AvgIpc) is 2.83. The van der Waals surface area contributed by atoms with Crippen molar-refractivity contribution in [1.29, 1.82) is 0 Å². The van der Waals surface area contributed by atoms with E-state index in [1.165, 1.54) is 23.4 Å². The van der Waals surface area contributed by atoms with Crippen LogP contribution in [0.1, 0.15) is 50.2 Å². The number of fused-ring (bicyclic) bond motifs is 5. The van der Waals surface area contributed by atoms with Crippen molar-refractivity contribution in [1.82, 2.24) is 0 Å². The highest BCUT2D eigenvalue weighted by Crippen LogP contribution is 2.57. The molecule has 120 valence electrons. The van der Waals surface area contributed by atoms with E-state index in [-0.39, 0.29) is 17.5 Å². The molecule has 0 saturated heterocycles. The number of hydrogen-bond donors (Lipinski definition) is 1. The molecule has 2 aliphatic rings. The van der Waals surface area contributed by atoms with E-state index in [0.29, 0.717) is 11.7 Å². The van der Waals surface area contributed by atoms with Gasteiger partial charge in [-0.2, -0.15) is 0 Å². The average molecular weight is 310 g/mol. The first-order valence-electron chi connectivity index (χ1n) is 8.41. The van der Waals surface area contributed by atoms with Crippen LogP contribution in [0.3, 0.4) is 0 Å². The summed E-state index contributed by atoms with van der Waals surface area (Å²) in [4.78, 5) is 11.4. The summed E-state index contributed by atoms with van der Waals surface area (Å²) in [6.45, 7) is 3.79. The van der Waals surface area contributed by atoms with Crippen molar-refractivity contribution in [2.75, 3.05) is 0 Å². The molecule has 0 unspecified atom stereocenters. The second-order valence-corrected chi connectivity index (χ2v) is 7.27. The normalized spacial score (nSPS) is 29.1. The zero-order valence-corrected chi connectivity index (χ0v) is 13.6. The van der Waals surface area contributed by atoms with Gasteiger partial charge in [0.1, 0.15) is 11.9 Å². The summed E-state index contributed by atoms with van der Waals surface area (Å²) in [5.74, 6) is 0.597. The lowest BCUT2D eigenvalue weighted by molar-refractivity contribution is -0.152. The smallest absolute Gasteiger partial charge is 0.302 e. The number of carbonyl (C=O) groups is 1. The van der Waals surface area contributed by atoms with Gasteiger partial charge in [-0.1, -0.05) is 25.1 Å². The van der Waals surface area contributed by atoms with E-state index in [9.17, 15) is 9.90 Å². The van der Waals surface area contributed by atoms with Gasteiger partial charge in [0.2, 0.25) is 0 Å². The molecule has 0 amide bonds. The standard InChI is InChI=1S/C20H22O3/c1-12(21)23-19-8-7-18-17-5-3-13-11-14(22)4-6-15(13)16(17)9-10-20(18,19)2/h3-6,11,18-19,22H,7-10H2,1-2H3/t18-,19-,20-/m0/s1. The maximum absolute atomic E-state index is 11.4. The largest absolute Gasteiger partial charge is 0.508 e. The first-order valence-corrected chi connectivity index (χ1v) is 8.41. The maximum atomic E-state index is 11.4. The van der Waals surface area contributed by atoms with Gasteiger partial charge in [0, 0.05) is 12.3 Å². The number of ether oxygens (including phenoxy) is 1. The fraction of sp³-hybridized carbons (Fsp3) is 0.450. The molecular weight excluding hydrogens is 288 g/mol. The molecule has 1 N–H and O–H groups in total. The van der Waals surface area contributed by atoms with E-state index in [1.807, 2.05) is 12.1 Å². The fourth-order valence-electron chi connectivity index (χ4n) is 4.84. The maximum Gasteiger partial charge on any atom is 0.302 e. The lowest BCUT2D eigenvalue weighted by Crippen LogP contribution is -2.37. The number of benzene rings is 2. The van der Waals surface area contributed by atoms with Crippen LogP contribution in [0.2, 0.25) is 0 Å². The van der Waals surface area contributed by atoms with Gasteiger partial charge in [0.05, 0.1) is 0 Å². The van der Waals surface area contributed by atoms with E-state index >= 15 is 0 Å². The summed E-state index contributed by atoms with van der Waals surface area (Å²) in [5, 5.41) is 12.0. The van der Waals surface area contributed by atoms with Gasteiger partial charge >= 0.3 is 5.97 Å². The minimum absolute atomic E-state index is 0.0358. The van der Waals surface area contributed by atoms with Gasteiger partial charge in [-0.15, -0.1) is 0 Å². The predicted molar refractivity (Wildman–Crippen MR) is 89.6 cm³/mol. The molecule has 0 heterocycles. The Morgan fingerprint density at radius 3 is 2.87 bits per heavy atom. The zero-order valence-electron chi connectivity index (χ0n) is 13.6. The Hall–Kier alpha value is -2.03. The molecule has 1 fully saturated rings. The molecule has 1 saturated carbocycles. The number of carbonyl (C=O) groups excluding carboxylic acids is 1. The number of aromatic hydroxyl groups is 1. The highest BCUT2D eigenvalue weighted by Gasteiger charge is 2.51. The number of rotatable bonds is 1. The third-order valence-corrected chi connectivity index (χ3v) is 6.00. The van der Waals surface area contributed by atoms with E-state index < -0.39 is 0 Å². The number of phenolic OH excluding ortho intramolecular Hbond substituents is 1. The van der Waals surface area contributed by atoms with Crippen molar-refractivity contribution >= 4 is 16.7 Å². The van der Waals surface area contributed by atoms with Gasteiger partial charge in [0.15, 0.2) is 0 Å². The van der Waals surface area contributed by atoms with Crippen LogP contribution in [0.4, 0.5) is 0 Å². The SMILES string of the molecule is CC(=O)O[C@H]1CC[C@H]2c3ccc4cc(O)ccc4c3CC[C@]12C. The number of hydrogen-bond acceptors (Lipinski definition) is 3. The minimum atomic E-state index is -0.170. The quantitative estimate of drug-likeness (QED) is 0.799. The third-order valence-electron chi connectivity index (χ3n) is 6.00. The predicted octanol–water partition coefficient (Wildman–Crippen LogP) is 4.31. The summed E-state index contributed by atoms with van der Waals surface area (Å²) in [7, 11) is 0. The molecule has 3 nitrogen and oxygen atoms in total. The van der Waals surface area contributed by atoms with Gasteiger partial charge < -0.3 is 9.84 Å². The summed E-state index contributed by atoms with van der Waals surface area (Å²) in [5.41, 5.74) is 2.86. The Kier molecular flexibility index (Phi) is 3.15. The van der Waals surface area contributed by atoms with E-state index in [1.54, 1.807) is 6.07 Å². The second kappa shape index (κ2) is 4.98. The highest BCUT2D eigenvalue weighted by molar-refractivity contribution is 5.88. The van der Waals surface area contributed by atoms with E-state index in [2.05, 4.69) is 19.1 Å². The van der Waals surface area contributed by atoms with Gasteiger partial charge in [-0.3, -0.25) is 4.79 Å². The molecule has 0 spiro atoms. The third kappa shape index (κ3) is 2.13. The Morgan fingerprint density at radius 2 is 2.09 bits per heavy atom. The van der Waals surface area contributed by atoms with Gasteiger partial charge in [-0.05, 0) is 65.6 Å². The first kappa shape index (κ1) is 14.6. The summed E-state index contributed by atoms with van der Waals surface area (Å²) in [6, 6.07) is 9.96. The summed E-state index contributed by atoms with van der Waals surface area (Å²) < 4.78 is 5.63. The Balaban J connectivity index is 1.80. The molecule has 3 atom stereocenters. The molecule has 2 aliphatic carbocycles. The Labute approximate surface area is 136 Å². The number of aryl methyl sites for hydroxylation is 1. The lowest BCUT2D eigenvalue weighted by atomic mass is 9.65. The van der Waals surface area contributed by atoms with Crippen LogP contribution in [0.5, 0.6) is 5.75 Å². The van der Waals surface area contributed by atoms with Gasteiger partial charge in [0.25, 0.3) is 0 Å². The van der Waals surface area contributed by atoms with Crippen molar-refractivity contribution in [2.45, 2.75) is 51.6 Å². The molecule has 2 aromatic rings. The van der Waals surface area contributed by atoms with Crippen molar-refractivity contribution in [3.63, 3.8) is 0 Å². The number of phenols is 1. The summed E-state index contributed by atoms with van der Waals surface area (Å²) in [6.07, 6.45) is 4.11. The molecule has 0 aromatic heterocycles. The molecule has 3 heteroatoms. The van der Waals surface area contributed by atoms with Crippen LogP contribution in [0, 0.1) is 5.41 Å². The lowest BCUT2D eigenvalue weighted by Gasteiger charge is -2.41. The number of esters is 1. The van der Waals surface area contributed by atoms with Crippen molar-refractivity contribution in [2.24, 2.45) is 5.41 Å². The second-order valence-electron chi connectivity index (χ2n) is 7.27. The monoisotopic (exact) mass is 310 g/mol. The summed E-state index contributed by atoms with van der Waals surface area (Å²) >= 11 is 0. The van der Waals surface area contributed by atoms with Crippen LogP contribution in [-0.4, -0.2) is 17.2 Å². The molecule has 0 aliphatic heterocycles. The van der Waals surface area contributed by atoms with Crippen molar-refractivity contribution in [3.8, 4) is 5.75 Å². The molecule has 0 radical (unpaired) electrons. The Morgan fingerprint density at radius 1 is 1.26 bits per heavy atom. The van der Waals surface area contributed by atoms with Crippen molar-refractivity contribution < 1.29 is 14.6 Å². The minimum Gasteiger partial charge on any atom is -0.508 e. The van der Waals surface area contributed by atoms with E-state index in [0.717, 1.165) is 31.1 Å². The van der Waals surface area contributed by atoms with Crippen LogP contribution in [-0.2, 0) is 16.0 Å². The van der Waals surface area contributed by atoms with Crippen LogP contribution >= 0.6 is 0 Å². The van der Waals surface area contributed by atoms with Crippen LogP contribution in [0.15, 0.2) is 30.3 Å². The van der Waals surface area contributed by atoms with Crippen LogP contribution < -0.4 is 0 Å². The van der Waals surface area contributed by atoms with Crippen molar-refractivity contribution in [3.05, 3.63) is 41.5 Å². The Bertz CT molecular complexity index is 795. The first-order chi connectivity index (χ1) is 11.0. The molecule has 23 heavy (non-hydrogen) atoms. The zero-order chi connectivity index (χ0) is 16.2. The molecule has 2 aromatic carbocycles. The fourth-order valence-corrected chi connectivity index (χ4v) is 4.84. The highest BCUT2D eigenvalue weighted by atomic mass is 16.5.